The van der Waals surface area contributed by atoms with Gasteiger partial charge in [0.2, 0.25) is 0 Å². The average Bonchev–Trinajstić information content (AvgIpc) is 1.92. The fraction of sp³-hybridized carbons (Fsp3) is 0.949. The molecule has 0 aromatic carbocycles. The highest BCUT2D eigenvalue weighted by Gasteiger charge is 2.23. The van der Waals surface area contributed by atoms with Crippen molar-refractivity contribution in [2.45, 2.75) is 373 Å². The summed E-state index contributed by atoms with van der Waals surface area (Å²) in [6.45, 7) is 14.2. The number of rotatable bonds is 64. The standard InChI is InChI=1S/C78H152N4O12/c1-5-9-13-17-21-25-29-33-37-41-45-51-75(87)91-67-71(83)63-79-55-49-56-81(65-73(85)69-93-77(89)53-47-43-39-35-31-27-23-19-15-11-7-3)61-62-82(66-74(86)70-94-78(90)54-48-44-40-36-32-28-24-20-16-12-8-4)58-50-57-80(60-59-79)64-72(84)68-92-76(88)52-46-42-38-34-30-26-22-18-14-10-6-2/h71-74,83-86H,5-70H2,1-4H3. The van der Waals surface area contributed by atoms with Gasteiger partial charge in [-0.1, -0.05) is 285 Å². The Morgan fingerprint density at radius 2 is 0.394 bits per heavy atom. The Bertz CT molecular complexity index is 1450. The first-order valence-corrected chi connectivity index (χ1v) is 40.1. The van der Waals surface area contributed by atoms with E-state index in [1.807, 2.05) is 0 Å². The zero-order chi connectivity index (χ0) is 68.4. The van der Waals surface area contributed by atoms with Gasteiger partial charge in [0.1, 0.15) is 50.8 Å². The zero-order valence-corrected chi connectivity index (χ0v) is 61.8. The minimum Gasteiger partial charge on any atom is -0.463 e. The van der Waals surface area contributed by atoms with Gasteiger partial charge in [0.05, 0.1) is 0 Å². The number of aliphatic hydroxyl groups excluding tert-OH is 4. The van der Waals surface area contributed by atoms with E-state index in [-0.39, 0.29) is 76.5 Å². The molecule has 4 N–H and O–H groups in total. The van der Waals surface area contributed by atoms with Crippen molar-refractivity contribution in [1.82, 2.24) is 19.6 Å². The maximum Gasteiger partial charge on any atom is 0.305 e. The van der Waals surface area contributed by atoms with E-state index in [1.54, 1.807) is 0 Å². The lowest BCUT2D eigenvalue weighted by Crippen LogP contribution is -2.47. The largest absolute Gasteiger partial charge is 0.463 e. The second kappa shape index (κ2) is 67.7. The van der Waals surface area contributed by atoms with Crippen LogP contribution in [0.5, 0.6) is 0 Å². The number of hydrogen-bond donors (Lipinski definition) is 4. The minimum atomic E-state index is -0.916. The van der Waals surface area contributed by atoms with Crippen molar-refractivity contribution in [1.29, 1.82) is 0 Å². The number of esters is 4. The summed E-state index contributed by atoms with van der Waals surface area (Å²) in [6, 6.07) is 0. The van der Waals surface area contributed by atoms with Crippen molar-refractivity contribution >= 4 is 23.9 Å². The van der Waals surface area contributed by atoms with E-state index >= 15 is 0 Å². The summed E-state index contributed by atoms with van der Waals surface area (Å²) in [5.41, 5.74) is 0. The van der Waals surface area contributed by atoms with Gasteiger partial charge in [-0.05, 0) is 64.7 Å². The number of hydrogen-bond acceptors (Lipinski definition) is 16. The predicted molar refractivity (Wildman–Crippen MR) is 387 cm³/mol. The number of aliphatic hydroxyl groups is 4. The summed E-state index contributed by atoms with van der Waals surface area (Å²) in [5, 5.41) is 45.6. The van der Waals surface area contributed by atoms with Crippen LogP contribution in [0.15, 0.2) is 0 Å². The van der Waals surface area contributed by atoms with E-state index < -0.39 is 24.4 Å². The molecule has 16 heteroatoms. The SMILES string of the molecule is CCCCCCCCCCCCCC(=O)OCC(O)CN1CCCN(CC(O)COC(=O)CCCCCCCCCCCCC)CCN(CC(O)COC(=O)CCCCCCCCCCCCC)CCCN(CC(O)COC(=O)CCCCCCCCCCCCC)CC1. The van der Waals surface area contributed by atoms with Crippen LogP contribution in [0.2, 0.25) is 0 Å². The molecule has 556 valence electrons. The molecule has 1 aliphatic heterocycles. The summed E-state index contributed by atoms with van der Waals surface area (Å²) < 4.78 is 22.5. The van der Waals surface area contributed by atoms with Gasteiger partial charge in [0.25, 0.3) is 0 Å². The first kappa shape index (κ1) is 89.6. The zero-order valence-electron chi connectivity index (χ0n) is 61.8. The Balaban J connectivity index is 3.09. The molecule has 0 saturated carbocycles. The van der Waals surface area contributed by atoms with E-state index in [0.717, 1.165) is 77.0 Å². The molecule has 0 aromatic heterocycles. The van der Waals surface area contributed by atoms with Crippen LogP contribution in [0, 0.1) is 0 Å². The molecule has 4 atom stereocenters. The number of ether oxygens (including phenoxy) is 4. The molecule has 1 rings (SSSR count). The van der Waals surface area contributed by atoms with Gasteiger partial charge in [-0.3, -0.25) is 38.8 Å². The quantitative estimate of drug-likeness (QED) is 0.0254. The van der Waals surface area contributed by atoms with E-state index in [4.69, 9.17) is 18.9 Å². The highest BCUT2D eigenvalue weighted by molar-refractivity contribution is 5.70. The number of nitrogens with zero attached hydrogens (tertiary/aromatic N) is 4. The minimum absolute atomic E-state index is 0.100. The number of carbonyl (C=O) groups is 4. The third-order valence-electron chi connectivity index (χ3n) is 18.9. The molecule has 0 aromatic rings. The summed E-state index contributed by atoms with van der Waals surface area (Å²) in [4.78, 5) is 60.2. The molecular weight excluding hydrogens is 1180 g/mol. The summed E-state index contributed by atoms with van der Waals surface area (Å²) in [5.74, 6) is -1.16. The van der Waals surface area contributed by atoms with Crippen LogP contribution in [-0.2, 0) is 38.1 Å². The second-order valence-corrected chi connectivity index (χ2v) is 28.4. The first-order chi connectivity index (χ1) is 45.9. The van der Waals surface area contributed by atoms with Crippen molar-refractivity contribution in [3.8, 4) is 0 Å². The molecule has 1 fully saturated rings. The lowest BCUT2D eigenvalue weighted by molar-refractivity contribution is -0.148. The van der Waals surface area contributed by atoms with Crippen molar-refractivity contribution in [2.24, 2.45) is 0 Å². The molecule has 0 bridgehead atoms. The van der Waals surface area contributed by atoms with Crippen molar-refractivity contribution in [3.05, 3.63) is 0 Å². The van der Waals surface area contributed by atoms with Gasteiger partial charge in [-0.2, -0.15) is 0 Å². The Hall–Kier alpha value is -2.44. The number of carbonyl (C=O) groups excluding carboxylic acids is 4. The van der Waals surface area contributed by atoms with Crippen LogP contribution in [0.25, 0.3) is 0 Å². The molecule has 0 radical (unpaired) electrons. The van der Waals surface area contributed by atoms with E-state index in [0.29, 0.717) is 90.9 Å². The maximum atomic E-state index is 12.9. The van der Waals surface area contributed by atoms with Gasteiger partial charge in [0, 0.05) is 78.0 Å². The molecule has 16 nitrogen and oxygen atoms in total. The van der Waals surface area contributed by atoms with Gasteiger partial charge in [0.15, 0.2) is 0 Å². The van der Waals surface area contributed by atoms with Gasteiger partial charge in [-0.25, -0.2) is 0 Å². The highest BCUT2D eigenvalue weighted by atomic mass is 16.6. The van der Waals surface area contributed by atoms with Crippen LogP contribution < -0.4 is 0 Å². The molecule has 4 unspecified atom stereocenters. The first-order valence-electron chi connectivity index (χ1n) is 40.1. The van der Waals surface area contributed by atoms with E-state index in [2.05, 4.69) is 47.3 Å². The molecule has 1 heterocycles. The predicted octanol–water partition coefficient (Wildman–Crippen LogP) is 16.4. The molecule has 0 amide bonds. The maximum absolute atomic E-state index is 12.9. The lowest BCUT2D eigenvalue weighted by atomic mass is 10.1. The molecule has 0 aliphatic carbocycles. The molecule has 94 heavy (non-hydrogen) atoms. The highest BCUT2D eigenvalue weighted by Crippen LogP contribution is 2.18. The van der Waals surface area contributed by atoms with Gasteiger partial charge >= 0.3 is 23.9 Å². The van der Waals surface area contributed by atoms with Crippen LogP contribution in [0.1, 0.15) is 349 Å². The van der Waals surface area contributed by atoms with Crippen LogP contribution in [0.3, 0.4) is 0 Å². The van der Waals surface area contributed by atoms with Gasteiger partial charge < -0.3 is 39.4 Å². The summed E-state index contributed by atoms with van der Waals surface area (Å²) in [6.07, 6.45) is 51.6. The van der Waals surface area contributed by atoms with Gasteiger partial charge in [-0.15, -0.1) is 0 Å². The average molecular weight is 1340 g/mol. The van der Waals surface area contributed by atoms with Crippen LogP contribution in [-0.4, -0.2) is 193 Å². The molecule has 1 saturated heterocycles. The third kappa shape index (κ3) is 60.7. The Morgan fingerprint density at radius 1 is 0.245 bits per heavy atom. The molecule has 0 spiro atoms. The van der Waals surface area contributed by atoms with Crippen LogP contribution in [0.4, 0.5) is 0 Å². The fourth-order valence-electron chi connectivity index (χ4n) is 13.0. The Kier molecular flexibility index (Phi) is 64.5. The lowest BCUT2D eigenvalue weighted by Gasteiger charge is -2.34. The van der Waals surface area contributed by atoms with Crippen molar-refractivity contribution < 1.29 is 58.6 Å². The Labute approximate surface area is 577 Å². The monoisotopic (exact) mass is 1340 g/mol. The van der Waals surface area contributed by atoms with Crippen molar-refractivity contribution in [3.63, 3.8) is 0 Å². The second-order valence-electron chi connectivity index (χ2n) is 28.4. The number of unbranched alkanes of at least 4 members (excludes halogenated alkanes) is 40. The normalized spacial score (nSPS) is 15.7. The smallest absolute Gasteiger partial charge is 0.305 e. The fourth-order valence-corrected chi connectivity index (χ4v) is 13.0. The number of β-amino-alcohol motifs (C(OH)–C–C–N with tert-alkyl or cyclic N) is 4. The van der Waals surface area contributed by atoms with E-state index in [1.165, 1.54) is 205 Å². The third-order valence-corrected chi connectivity index (χ3v) is 18.9. The van der Waals surface area contributed by atoms with Crippen molar-refractivity contribution in [2.75, 3.05) is 105 Å². The van der Waals surface area contributed by atoms with E-state index in [9.17, 15) is 39.6 Å². The Morgan fingerprint density at radius 3 is 0.553 bits per heavy atom. The van der Waals surface area contributed by atoms with Crippen LogP contribution >= 0.6 is 0 Å². The molecular formula is C78H152N4O12. The summed E-state index contributed by atoms with van der Waals surface area (Å²) >= 11 is 0. The topological polar surface area (TPSA) is 199 Å². The molecule has 1 aliphatic rings. The summed E-state index contributed by atoms with van der Waals surface area (Å²) in [7, 11) is 0.